The van der Waals surface area contributed by atoms with Crippen molar-refractivity contribution in [1.82, 2.24) is 4.98 Å². The molecule has 0 spiro atoms. The molecular weight excluding hydrogens is 390 g/mol. The second kappa shape index (κ2) is 5.15. The quantitative estimate of drug-likeness (QED) is 0.567. The average molecular weight is 397 g/mol. The number of nitrogens with zero attached hydrogens (tertiary/aromatic N) is 1. The summed E-state index contributed by atoms with van der Waals surface area (Å²) < 4.78 is 1.83. The number of benzene rings is 1. The van der Waals surface area contributed by atoms with Gasteiger partial charge in [-0.2, -0.15) is 0 Å². The Morgan fingerprint density at radius 1 is 1.21 bits per heavy atom. The van der Waals surface area contributed by atoms with E-state index >= 15 is 0 Å². The summed E-state index contributed by atoms with van der Waals surface area (Å²) in [5.74, 6) is 0.0231. The van der Waals surface area contributed by atoms with Crippen molar-refractivity contribution in [2.75, 3.05) is 0 Å². The minimum atomic E-state index is 0.0231. The lowest BCUT2D eigenvalue weighted by Crippen LogP contribution is -1.99. The Morgan fingerprint density at radius 2 is 2.05 bits per heavy atom. The van der Waals surface area contributed by atoms with Gasteiger partial charge in [0.25, 0.3) is 0 Å². The third-order valence-electron chi connectivity index (χ3n) is 2.80. The number of pyridine rings is 1. The van der Waals surface area contributed by atoms with Crippen LogP contribution in [0.1, 0.15) is 15.2 Å². The SMILES string of the molecule is O=C(c1cc(Br)c(Br)s1)c1cccc2ccncc12. The Kier molecular flexibility index (Phi) is 3.52. The summed E-state index contributed by atoms with van der Waals surface area (Å²) >= 11 is 8.25. The number of rotatable bonds is 2. The van der Waals surface area contributed by atoms with Gasteiger partial charge in [0.1, 0.15) is 0 Å². The molecule has 0 N–H and O–H groups in total. The Hall–Kier alpha value is -1.04. The van der Waals surface area contributed by atoms with Crippen LogP contribution < -0.4 is 0 Å². The van der Waals surface area contributed by atoms with Crippen LogP contribution in [-0.4, -0.2) is 10.8 Å². The number of thiophene rings is 1. The molecular formula is C14H7Br2NOS. The van der Waals surface area contributed by atoms with Crippen molar-refractivity contribution in [3.63, 3.8) is 0 Å². The van der Waals surface area contributed by atoms with Gasteiger partial charge < -0.3 is 0 Å². The van der Waals surface area contributed by atoms with E-state index in [1.807, 2.05) is 30.3 Å². The lowest BCUT2D eigenvalue weighted by atomic mass is 10.0. The fraction of sp³-hybridized carbons (Fsp3) is 0. The largest absolute Gasteiger partial charge is 0.288 e. The molecule has 0 aliphatic carbocycles. The lowest BCUT2D eigenvalue weighted by molar-refractivity contribution is 0.104. The number of carbonyl (C=O) groups is 1. The van der Waals surface area contributed by atoms with E-state index < -0.39 is 0 Å². The number of carbonyl (C=O) groups excluding carboxylic acids is 1. The van der Waals surface area contributed by atoms with Crippen LogP contribution in [0.3, 0.4) is 0 Å². The molecule has 0 radical (unpaired) electrons. The Balaban J connectivity index is 2.16. The Morgan fingerprint density at radius 3 is 2.79 bits per heavy atom. The van der Waals surface area contributed by atoms with Gasteiger partial charge in [-0.05, 0) is 49.4 Å². The predicted molar refractivity (Wildman–Crippen MR) is 84.9 cm³/mol. The molecule has 0 aliphatic heterocycles. The maximum atomic E-state index is 12.6. The van der Waals surface area contributed by atoms with Gasteiger partial charge in [0.2, 0.25) is 5.78 Å². The van der Waals surface area contributed by atoms with Gasteiger partial charge in [0.15, 0.2) is 0 Å². The maximum absolute atomic E-state index is 12.6. The van der Waals surface area contributed by atoms with Gasteiger partial charge in [-0.3, -0.25) is 9.78 Å². The summed E-state index contributed by atoms with van der Waals surface area (Å²) in [6.45, 7) is 0. The summed E-state index contributed by atoms with van der Waals surface area (Å²) in [6, 6.07) is 9.47. The molecule has 5 heteroatoms. The Bertz CT molecular complexity index is 757. The van der Waals surface area contributed by atoms with Crippen molar-refractivity contribution < 1.29 is 4.79 Å². The van der Waals surface area contributed by atoms with Crippen LogP contribution in [0.4, 0.5) is 0 Å². The highest BCUT2D eigenvalue weighted by Gasteiger charge is 2.16. The van der Waals surface area contributed by atoms with Crippen molar-refractivity contribution in [3.05, 3.63) is 61.4 Å². The van der Waals surface area contributed by atoms with E-state index in [-0.39, 0.29) is 5.78 Å². The van der Waals surface area contributed by atoms with Crippen LogP contribution in [0.5, 0.6) is 0 Å². The summed E-state index contributed by atoms with van der Waals surface area (Å²) in [7, 11) is 0. The first kappa shape index (κ1) is 13.0. The fourth-order valence-electron chi connectivity index (χ4n) is 1.90. The van der Waals surface area contributed by atoms with Crippen LogP contribution in [-0.2, 0) is 0 Å². The molecule has 0 amide bonds. The summed E-state index contributed by atoms with van der Waals surface area (Å²) in [4.78, 5) is 17.4. The third-order valence-corrected chi connectivity index (χ3v) is 6.05. The van der Waals surface area contributed by atoms with E-state index in [2.05, 4.69) is 36.8 Å². The normalized spacial score (nSPS) is 10.8. The molecule has 0 bridgehead atoms. The topological polar surface area (TPSA) is 30.0 Å². The first-order chi connectivity index (χ1) is 9.16. The molecule has 1 aromatic carbocycles. The van der Waals surface area contributed by atoms with Crippen molar-refractivity contribution in [3.8, 4) is 0 Å². The van der Waals surface area contributed by atoms with E-state index in [0.29, 0.717) is 10.4 Å². The number of halogens is 2. The summed E-state index contributed by atoms with van der Waals surface area (Å²) in [6.07, 6.45) is 3.47. The third kappa shape index (κ3) is 2.38. The second-order valence-electron chi connectivity index (χ2n) is 3.96. The summed E-state index contributed by atoms with van der Waals surface area (Å²) in [5, 5.41) is 1.91. The maximum Gasteiger partial charge on any atom is 0.203 e. The molecule has 2 heterocycles. The average Bonchev–Trinajstić information content (AvgIpc) is 2.77. The molecule has 0 saturated heterocycles. The minimum Gasteiger partial charge on any atom is -0.288 e. The zero-order valence-electron chi connectivity index (χ0n) is 9.56. The van der Waals surface area contributed by atoms with Gasteiger partial charge >= 0.3 is 0 Å². The van der Waals surface area contributed by atoms with Gasteiger partial charge in [0, 0.05) is 27.8 Å². The number of hydrogen-bond acceptors (Lipinski definition) is 3. The van der Waals surface area contributed by atoms with Gasteiger partial charge in [0.05, 0.1) is 8.66 Å². The van der Waals surface area contributed by atoms with E-state index in [9.17, 15) is 4.79 Å². The molecule has 2 aromatic heterocycles. The zero-order valence-corrected chi connectivity index (χ0v) is 13.5. The van der Waals surface area contributed by atoms with E-state index in [0.717, 1.165) is 19.0 Å². The first-order valence-electron chi connectivity index (χ1n) is 5.49. The highest BCUT2D eigenvalue weighted by molar-refractivity contribution is 9.13. The predicted octanol–water partition coefficient (Wildman–Crippen LogP) is 5.05. The number of ketones is 1. The van der Waals surface area contributed by atoms with Crippen molar-refractivity contribution in [2.24, 2.45) is 0 Å². The highest BCUT2D eigenvalue weighted by atomic mass is 79.9. The van der Waals surface area contributed by atoms with Gasteiger partial charge in [-0.25, -0.2) is 0 Å². The monoisotopic (exact) mass is 395 g/mol. The van der Waals surface area contributed by atoms with Crippen LogP contribution in [0.2, 0.25) is 0 Å². The van der Waals surface area contributed by atoms with E-state index in [1.165, 1.54) is 11.3 Å². The molecule has 2 nitrogen and oxygen atoms in total. The van der Waals surface area contributed by atoms with Crippen molar-refractivity contribution in [2.45, 2.75) is 0 Å². The van der Waals surface area contributed by atoms with Crippen LogP contribution in [0, 0.1) is 0 Å². The van der Waals surface area contributed by atoms with Gasteiger partial charge in [-0.1, -0.05) is 18.2 Å². The lowest BCUT2D eigenvalue weighted by Gasteiger charge is -2.03. The second-order valence-corrected chi connectivity index (χ2v) is 7.19. The number of hydrogen-bond donors (Lipinski definition) is 0. The molecule has 0 atom stereocenters. The minimum absolute atomic E-state index is 0.0231. The van der Waals surface area contributed by atoms with Gasteiger partial charge in [-0.15, -0.1) is 11.3 Å². The fourth-order valence-corrected chi connectivity index (χ4v) is 3.89. The first-order valence-corrected chi connectivity index (χ1v) is 7.89. The molecule has 0 saturated carbocycles. The van der Waals surface area contributed by atoms with E-state index in [4.69, 9.17) is 0 Å². The number of fused-ring (bicyclic) bond motifs is 1. The highest BCUT2D eigenvalue weighted by Crippen LogP contribution is 2.34. The zero-order chi connectivity index (χ0) is 13.4. The van der Waals surface area contributed by atoms with Crippen LogP contribution >= 0.6 is 43.2 Å². The van der Waals surface area contributed by atoms with E-state index in [1.54, 1.807) is 12.4 Å². The van der Waals surface area contributed by atoms with Crippen LogP contribution in [0.15, 0.2) is 51.0 Å². The summed E-state index contributed by atoms with van der Waals surface area (Å²) in [5.41, 5.74) is 0.687. The smallest absolute Gasteiger partial charge is 0.203 e. The van der Waals surface area contributed by atoms with Crippen molar-refractivity contribution in [1.29, 1.82) is 0 Å². The molecule has 19 heavy (non-hydrogen) atoms. The molecule has 0 aliphatic rings. The molecule has 0 unspecified atom stereocenters. The van der Waals surface area contributed by atoms with Crippen LogP contribution in [0.25, 0.3) is 10.8 Å². The standard InChI is InChI=1S/C14H7Br2NOS/c15-11-6-12(19-14(11)16)13(18)9-3-1-2-8-4-5-17-7-10(8)9/h1-7H. The molecule has 0 fully saturated rings. The molecule has 3 aromatic rings. The number of aromatic nitrogens is 1. The Labute approximate surface area is 130 Å². The van der Waals surface area contributed by atoms with Crippen molar-refractivity contribution >= 4 is 59.8 Å². The molecule has 94 valence electrons. The molecule has 3 rings (SSSR count).